The molecule has 0 saturated carbocycles. The number of rotatable bonds is 5. The highest BCUT2D eigenvalue weighted by molar-refractivity contribution is 6.31. The molecule has 2 rings (SSSR count). The molecule has 0 aliphatic carbocycles. The molecule has 0 aliphatic heterocycles. The lowest BCUT2D eigenvalue weighted by molar-refractivity contribution is 0.170. The van der Waals surface area contributed by atoms with E-state index >= 15 is 0 Å². The summed E-state index contributed by atoms with van der Waals surface area (Å²) in [5, 5.41) is 14.8. The second kappa shape index (κ2) is 5.95. The van der Waals surface area contributed by atoms with Gasteiger partial charge in [0, 0.05) is 13.3 Å². The van der Waals surface area contributed by atoms with Crippen LogP contribution in [0.3, 0.4) is 0 Å². The molecular formula is C12H14ClN3O2. The minimum Gasteiger partial charge on any atom is -0.383 e. The number of aromatic nitrogens is 3. The molecule has 0 bridgehead atoms. The van der Waals surface area contributed by atoms with E-state index in [1.807, 2.05) is 6.07 Å². The van der Waals surface area contributed by atoms with Gasteiger partial charge >= 0.3 is 0 Å². The van der Waals surface area contributed by atoms with Crippen molar-refractivity contribution in [1.29, 1.82) is 0 Å². The highest BCUT2D eigenvalue weighted by atomic mass is 35.5. The molecule has 1 N–H and O–H groups in total. The molecule has 1 unspecified atom stereocenters. The second-order valence-corrected chi connectivity index (χ2v) is 4.16. The predicted molar refractivity (Wildman–Crippen MR) is 67.4 cm³/mol. The topological polar surface area (TPSA) is 60.2 Å². The van der Waals surface area contributed by atoms with E-state index in [-0.39, 0.29) is 0 Å². The van der Waals surface area contributed by atoms with Gasteiger partial charge in [0.05, 0.1) is 35.8 Å². The van der Waals surface area contributed by atoms with Gasteiger partial charge in [-0.1, -0.05) is 17.7 Å². The molecule has 0 saturated heterocycles. The van der Waals surface area contributed by atoms with Crippen LogP contribution in [0.2, 0.25) is 5.02 Å². The Morgan fingerprint density at radius 2 is 2.33 bits per heavy atom. The molecule has 0 aromatic carbocycles. The summed E-state index contributed by atoms with van der Waals surface area (Å²) in [5.74, 6) is 0. The standard InChI is InChI=1S/C12H14ClN3O2/c1-18-7-6-16-11(9(13)8-15-16)12(17)10-4-2-3-5-14-10/h2-5,8,12,17H,6-7H2,1H3. The summed E-state index contributed by atoms with van der Waals surface area (Å²) in [4.78, 5) is 4.12. The van der Waals surface area contributed by atoms with Crippen molar-refractivity contribution in [2.75, 3.05) is 13.7 Å². The summed E-state index contributed by atoms with van der Waals surface area (Å²) in [6.07, 6.45) is 2.25. The van der Waals surface area contributed by atoms with Gasteiger partial charge in [-0.15, -0.1) is 0 Å². The van der Waals surface area contributed by atoms with E-state index in [0.717, 1.165) is 0 Å². The maximum atomic E-state index is 10.3. The van der Waals surface area contributed by atoms with Crippen LogP contribution in [0, 0.1) is 0 Å². The number of halogens is 1. The third-order valence-corrected chi connectivity index (χ3v) is 2.86. The number of hydrogen-bond acceptors (Lipinski definition) is 4. The Kier molecular flexibility index (Phi) is 4.30. The molecule has 1 atom stereocenters. The van der Waals surface area contributed by atoms with Gasteiger partial charge in [-0.05, 0) is 12.1 Å². The van der Waals surface area contributed by atoms with Crippen LogP contribution in [0.4, 0.5) is 0 Å². The molecule has 0 fully saturated rings. The van der Waals surface area contributed by atoms with Crippen LogP contribution >= 0.6 is 11.6 Å². The molecule has 2 heterocycles. The molecule has 6 heteroatoms. The van der Waals surface area contributed by atoms with Crippen LogP contribution in [-0.2, 0) is 11.3 Å². The zero-order valence-electron chi connectivity index (χ0n) is 9.95. The molecule has 0 amide bonds. The first-order valence-corrected chi connectivity index (χ1v) is 5.91. The normalized spacial score (nSPS) is 12.6. The van der Waals surface area contributed by atoms with E-state index < -0.39 is 6.10 Å². The van der Waals surface area contributed by atoms with E-state index in [4.69, 9.17) is 16.3 Å². The number of ether oxygens (including phenoxy) is 1. The van der Waals surface area contributed by atoms with Crippen molar-refractivity contribution >= 4 is 11.6 Å². The molecule has 2 aromatic rings. The Morgan fingerprint density at radius 1 is 1.50 bits per heavy atom. The Balaban J connectivity index is 2.29. The molecule has 0 spiro atoms. The Hall–Kier alpha value is -1.43. The van der Waals surface area contributed by atoms with Crippen molar-refractivity contribution in [3.05, 3.63) is 47.0 Å². The van der Waals surface area contributed by atoms with Gasteiger partial charge in [0.2, 0.25) is 0 Å². The number of pyridine rings is 1. The van der Waals surface area contributed by atoms with Crippen molar-refractivity contribution in [2.45, 2.75) is 12.6 Å². The van der Waals surface area contributed by atoms with E-state index in [9.17, 15) is 5.11 Å². The maximum Gasteiger partial charge on any atom is 0.139 e. The van der Waals surface area contributed by atoms with Gasteiger partial charge < -0.3 is 9.84 Å². The van der Waals surface area contributed by atoms with Gasteiger partial charge in [-0.25, -0.2) is 0 Å². The van der Waals surface area contributed by atoms with E-state index in [1.54, 1.807) is 30.1 Å². The Morgan fingerprint density at radius 3 is 3.00 bits per heavy atom. The Bertz CT molecular complexity index is 501. The summed E-state index contributed by atoms with van der Waals surface area (Å²) < 4.78 is 6.62. The zero-order chi connectivity index (χ0) is 13.0. The van der Waals surface area contributed by atoms with E-state index in [0.29, 0.717) is 29.6 Å². The first-order valence-electron chi connectivity index (χ1n) is 5.53. The number of methoxy groups -OCH3 is 1. The average molecular weight is 268 g/mol. The van der Waals surface area contributed by atoms with E-state index in [1.165, 1.54) is 6.20 Å². The van der Waals surface area contributed by atoms with Crippen LogP contribution in [0.5, 0.6) is 0 Å². The van der Waals surface area contributed by atoms with Crippen LogP contribution in [0.1, 0.15) is 17.5 Å². The zero-order valence-corrected chi connectivity index (χ0v) is 10.7. The summed E-state index contributed by atoms with van der Waals surface area (Å²) >= 11 is 6.06. The summed E-state index contributed by atoms with van der Waals surface area (Å²) in [5.41, 5.74) is 1.07. The molecule has 5 nitrogen and oxygen atoms in total. The van der Waals surface area contributed by atoms with Gasteiger partial charge in [0.1, 0.15) is 6.10 Å². The fourth-order valence-corrected chi connectivity index (χ4v) is 1.92. The quantitative estimate of drug-likeness (QED) is 0.895. The molecular weight excluding hydrogens is 254 g/mol. The number of aliphatic hydroxyl groups is 1. The van der Waals surface area contributed by atoms with Crippen LogP contribution in [0.15, 0.2) is 30.6 Å². The Labute approximate surface area is 110 Å². The minimum absolute atomic E-state index is 0.421. The minimum atomic E-state index is -0.891. The fraction of sp³-hybridized carbons (Fsp3) is 0.333. The molecule has 2 aromatic heterocycles. The first-order chi connectivity index (χ1) is 8.74. The predicted octanol–water partition coefficient (Wildman–Crippen LogP) is 1.66. The third-order valence-electron chi connectivity index (χ3n) is 2.57. The van der Waals surface area contributed by atoms with Gasteiger partial charge in [-0.2, -0.15) is 5.10 Å². The summed E-state index contributed by atoms with van der Waals surface area (Å²) in [7, 11) is 1.61. The van der Waals surface area contributed by atoms with Gasteiger partial charge in [0.15, 0.2) is 0 Å². The molecule has 0 radical (unpaired) electrons. The molecule has 18 heavy (non-hydrogen) atoms. The lowest BCUT2D eigenvalue weighted by atomic mass is 10.1. The fourth-order valence-electron chi connectivity index (χ4n) is 1.68. The van der Waals surface area contributed by atoms with Crippen molar-refractivity contribution < 1.29 is 9.84 Å². The number of hydrogen-bond donors (Lipinski definition) is 1. The highest BCUT2D eigenvalue weighted by Crippen LogP contribution is 2.26. The highest BCUT2D eigenvalue weighted by Gasteiger charge is 2.20. The van der Waals surface area contributed by atoms with Crippen LogP contribution in [0.25, 0.3) is 0 Å². The van der Waals surface area contributed by atoms with Gasteiger partial charge in [-0.3, -0.25) is 9.67 Å². The molecule has 0 aliphatic rings. The lowest BCUT2D eigenvalue weighted by Crippen LogP contribution is -2.14. The van der Waals surface area contributed by atoms with Crippen molar-refractivity contribution in [2.24, 2.45) is 0 Å². The first kappa shape index (κ1) is 13.0. The lowest BCUT2D eigenvalue weighted by Gasteiger charge is -2.13. The second-order valence-electron chi connectivity index (χ2n) is 3.75. The molecule has 96 valence electrons. The smallest absolute Gasteiger partial charge is 0.139 e. The van der Waals surface area contributed by atoms with Crippen molar-refractivity contribution in [3.8, 4) is 0 Å². The largest absolute Gasteiger partial charge is 0.383 e. The van der Waals surface area contributed by atoms with E-state index in [2.05, 4.69) is 10.1 Å². The average Bonchev–Trinajstić information content (AvgIpc) is 2.77. The third kappa shape index (κ3) is 2.69. The van der Waals surface area contributed by atoms with Crippen LogP contribution < -0.4 is 0 Å². The van der Waals surface area contributed by atoms with Crippen LogP contribution in [-0.4, -0.2) is 33.6 Å². The summed E-state index contributed by atoms with van der Waals surface area (Å²) in [6.45, 7) is 1.03. The number of aliphatic hydroxyl groups excluding tert-OH is 1. The van der Waals surface area contributed by atoms with Crippen molar-refractivity contribution in [1.82, 2.24) is 14.8 Å². The van der Waals surface area contributed by atoms with Crippen molar-refractivity contribution in [3.63, 3.8) is 0 Å². The monoisotopic (exact) mass is 267 g/mol. The summed E-state index contributed by atoms with van der Waals surface area (Å²) in [6, 6.07) is 5.35. The maximum absolute atomic E-state index is 10.3. The SMILES string of the molecule is COCCn1ncc(Cl)c1C(O)c1ccccn1. The van der Waals surface area contributed by atoms with Gasteiger partial charge in [0.25, 0.3) is 0 Å². The number of nitrogens with zero attached hydrogens (tertiary/aromatic N) is 3.